The van der Waals surface area contributed by atoms with Crippen molar-refractivity contribution in [2.24, 2.45) is 0 Å². The molecule has 0 radical (unpaired) electrons. The van der Waals surface area contributed by atoms with E-state index in [1.165, 1.54) is 11.3 Å². The van der Waals surface area contributed by atoms with Gasteiger partial charge >= 0.3 is 6.09 Å². The Labute approximate surface area is 155 Å². The maximum atomic E-state index is 11.6. The maximum Gasteiger partial charge on any atom is 0.413 e. The zero-order valence-corrected chi connectivity index (χ0v) is 15.7. The lowest BCUT2D eigenvalue weighted by Gasteiger charge is -2.02. The molecule has 0 fully saturated rings. The average Bonchev–Trinajstić information content (AvgIpc) is 3.17. The summed E-state index contributed by atoms with van der Waals surface area (Å²) >= 11 is 1.38. The van der Waals surface area contributed by atoms with Crippen LogP contribution in [0.3, 0.4) is 0 Å². The van der Waals surface area contributed by atoms with Crippen LogP contribution in [0.15, 0.2) is 28.9 Å². The number of aryl methyl sites for hydroxylation is 3. The third-order valence-electron chi connectivity index (χ3n) is 3.79. The van der Waals surface area contributed by atoms with Gasteiger partial charge in [-0.15, -0.1) is 0 Å². The molecule has 0 aliphatic carbocycles. The van der Waals surface area contributed by atoms with E-state index in [1.807, 2.05) is 39.0 Å². The number of carbonyl (C=O) groups excluding carboxylic acids is 1. The summed E-state index contributed by atoms with van der Waals surface area (Å²) < 4.78 is 10.6. The summed E-state index contributed by atoms with van der Waals surface area (Å²) in [7, 11) is 0. The van der Waals surface area contributed by atoms with E-state index in [0.29, 0.717) is 23.7 Å². The van der Waals surface area contributed by atoms with Crippen molar-refractivity contribution in [2.45, 2.75) is 33.6 Å². The highest BCUT2D eigenvalue weighted by Crippen LogP contribution is 2.29. The van der Waals surface area contributed by atoms with Gasteiger partial charge in [-0.05, 0) is 39.3 Å². The molecule has 0 atom stereocenters. The Bertz CT molecular complexity index is 889. The molecule has 3 aromatic rings. The monoisotopic (exact) mass is 372 g/mol. The van der Waals surface area contributed by atoms with Gasteiger partial charge in [0.05, 0.1) is 16.4 Å². The predicted molar refractivity (Wildman–Crippen MR) is 98.4 cm³/mol. The van der Waals surface area contributed by atoms with E-state index in [2.05, 4.69) is 20.4 Å². The highest BCUT2D eigenvalue weighted by Gasteiger charge is 2.17. The van der Waals surface area contributed by atoms with Crippen LogP contribution in [0.2, 0.25) is 0 Å². The number of nitrogens with one attached hydrogen (secondary N) is 1. The van der Waals surface area contributed by atoms with Crippen molar-refractivity contribution in [1.82, 2.24) is 20.4 Å². The minimum absolute atomic E-state index is 0.460. The van der Waals surface area contributed by atoms with Gasteiger partial charge in [0.2, 0.25) is 5.06 Å². The molecule has 0 aromatic carbocycles. The molecule has 3 rings (SSSR count). The van der Waals surface area contributed by atoms with Gasteiger partial charge in [-0.25, -0.2) is 9.78 Å². The van der Waals surface area contributed by atoms with Gasteiger partial charge in [0.25, 0.3) is 0 Å². The third kappa shape index (κ3) is 4.08. The van der Waals surface area contributed by atoms with Crippen LogP contribution in [0, 0.1) is 13.8 Å². The molecule has 3 heterocycles. The van der Waals surface area contributed by atoms with Crippen LogP contribution in [0.25, 0.3) is 11.4 Å². The molecule has 0 spiro atoms. The summed E-state index contributed by atoms with van der Waals surface area (Å²) in [5.74, 6) is 0.776. The zero-order valence-electron chi connectivity index (χ0n) is 14.9. The number of carbonyl (C=O) groups is 1. The van der Waals surface area contributed by atoms with Gasteiger partial charge in [0.1, 0.15) is 11.5 Å². The van der Waals surface area contributed by atoms with E-state index in [4.69, 9.17) is 9.26 Å². The lowest BCUT2D eigenvalue weighted by atomic mass is 10.1. The molecular formula is C18H20N4O3S. The third-order valence-corrected chi connectivity index (χ3v) is 4.88. The molecule has 1 N–H and O–H groups in total. The van der Waals surface area contributed by atoms with Gasteiger partial charge in [0.15, 0.2) is 0 Å². The van der Waals surface area contributed by atoms with Crippen LogP contribution in [0.4, 0.5) is 4.79 Å². The highest BCUT2D eigenvalue weighted by atomic mass is 32.1. The number of amides is 1. The average molecular weight is 372 g/mol. The predicted octanol–water partition coefficient (Wildman–Crippen LogP) is 3.70. The number of thiazole rings is 1. The Morgan fingerprint density at radius 3 is 2.88 bits per heavy atom. The summed E-state index contributed by atoms with van der Waals surface area (Å²) in [4.78, 5) is 20.4. The number of ether oxygens (including phenoxy) is 1. The molecule has 0 saturated heterocycles. The first-order valence-corrected chi connectivity index (χ1v) is 9.18. The summed E-state index contributed by atoms with van der Waals surface area (Å²) in [6, 6.07) is 5.70. The Balaban J connectivity index is 1.72. The van der Waals surface area contributed by atoms with Gasteiger partial charge in [-0.1, -0.05) is 22.6 Å². The number of hydrogen-bond donors (Lipinski definition) is 1. The molecule has 3 aromatic heterocycles. The van der Waals surface area contributed by atoms with Crippen LogP contribution in [-0.4, -0.2) is 27.8 Å². The van der Waals surface area contributed by atoms with Crippen LogP contribution >= 0.6 is 11.3 Å². The number of hydrogen-bond acceptors (Lipinski definition) is 7. The van der Waals surface area contributed by atoms with Crippen molar-refractivity contribution in [3.05, 3.63) is 46.4 Å². The molecule has 0 unspecified atom stereocenters. The van der Waals surface area contributed by atoms with E-state index in [1.54, 1.807) is 6.20 Å². The summed E-state index contributed by atoms with van der Waals surface area (Å²) in [6.45, 7) is 6.09. The minimum atomic E-state index is -0.460. The Morgan fingerprint density at radius 1 is 1.31 bits per heavy atom. The Morgan fingerprint density at radius 2 is 2.15 bits per heavy atom. The van der Waals surface area contributed by atoms with Crippen molar-refractivity contribution in [3.8, 4) is 16.5 Å². The van der Waals surface area contributed by atoms with Gasteiger partial charge in [0, 0.05) is 24.7 Å². The van der Waals surface area contributed by atoms with Crippen LogP contribution in [0.1, 0.15) is 28.9 Å². The van der Waals surface area contributed by atoms with Gasteiger partial charge < -0.3 is 14.6 Å². The summed E-state index contributed by atoms with van der Waals surface area (Å²) in [5, 5.41) is 8.18. The molecule has 0 saturated carbocycles. The summed E-state index contributed by atoms with van der Waals surface area (Å²) in [5.41, 5.74) is 3.27. The molecular weight excluding hydrogens is 352 g/mol. The lowest BCUT2D eigenvalue weighted by Crippen LogP contribution is -2.26. The van der Waals surface area contributed by atoms with Crippen molar-refractivity contribution in [1.29, 1.82) is 0 Å². The van der Waals surface area contributed by atoms with Crippen molar-refractivity contribution in [3.63, 3.8) is 0 Å². The molecule has 136 valence electrons. The Hall–Kier alpha value is -2.74. The van der Waals surface area contributed by atoms with E-state index < -0.39 is 6.09 Å². The fraction of sp³-hybridized carbons (Fsp3) is 0.333. The van der Waals surface area contributed by atoms with Gasteiger partial charge in [-0.3, -0.25) is 4.98 Å². The fourth-order valence-electron chi connectivity index (χ4n) is 2.52. The quantitative estimate of drug-likeness (QED) is 0.709. The first-order chi connectivity index (χ1) is 12.6. The number of rotatable bonds is 6. The number of nitrogens with zero attached hydrogens (tertiary/aromatic N) is 3. The molecule has 26 heavy (non-hydrogen) atoms. The van der Waals surface area contributed by atoms with Crippen LogP contribution < -0.4 is 10.1 Å². The largest absolute Gasteiger partial charge is 0.413 e. The highest BCUT2D eigenvalue weighted by molar-refractivity contribution is 7.13. The van der Waals surface area contributed by atoms with Crippen LogP contribution in [-0.2, 0) is 12.8 Å². The fourth-order valence-corrected chi connectivity index (χ4v) is 3.44. The van der Waals surface area contributed by atoms with E-state index >= 15 is 0 Å². The second-order valence-electron chi connectivity index (χ2n) is 5.68. The first kappa shape index (κ1) is 18.1. The zero-order chi connectivity index (χ0) is 18.5. The van der Waals surface area contributed by atoms with E-state index in [-0.39, 0.29) is 0 Å². The van der Waals surface area contributed by atoms with Crippen molar-refractivity contribution >= 4 is 17.4 Å². The first-order valence-electron chi connectivity index (χ1n) is 8.37. The Kier molecular flexibility index (Phi) is 5.62. The minimum Gasteiger partial charge on any atom is -0.397 e. The van der Waals surface area contributed by atoms with Crippen LogP contribution in [0.5, 0.6) is 5.06 Å². The molecule has 0 aliphatic heterocycles. The lowest BCUT2D eigenvalue weighted by molar-refractivity contribution is 0.202. The summed E-state index contributed by atoms with van der Waals surface area (Å²) in [6.07, 6.45) is 2.69. The number of aromatic nitrogens is 3. The normalized spacial score (nSPS) is 10.7. The van der Waals surface area contributed by atoms with Crippen molar-refractivity contribution in [2.75, 3.05) is 6.54 Å². The second-order valence-corrected chi connectivity index (χ2v) is 6.73. The topological polar surface area (TPSA) is 90.1 Å². The molecule has 0 bridgehead atoms. The second kappa shape index (κ2) is 8.09. The molecule has 0 aliphatic rings. The van der Waals surface area contributed by atoms with Crippen molar-refractivity contribution < 1.29 is 14.1 Å². The van der Waals surface area contributed by atoms with E-state index in [0.717, 1.165) is 34.1 Å². The standard InChI is InChI=1S/C18H20N4O3S/c1-4-19-18(23)24-17-11(2)21-15(26-17)9-8-13-12(3)25-22-16(13)14-7-5-6-10-20-14/h5-7,10H,4,8-9H2,1-3H3,(H,19,23). The molecule has 7 nitrogen and oxygen atoms in total. The van der Waals surface area contributed by atoms with Gasteiger partial charge in [-0.2, -0.15) is 0 Å². The SMILES string of the molecule is CCNC(=O)Oc1sc(CCc2c(-c3ccccn3)noc2C)nc1C. The molecule has 1 amide bonds. The number of pyridine rings is 1. The smallest absolute Gasteiger partial charge is 0.397 e. The maximum absolute atomic E-state index is 11.6. The molecule has 8 heteroatoms. The van der Waals surface area contributed by atoms with E-state index in [9.17, 15) is 4.79 Å².